The zero-order valence-electron chi connectivity index (χ0n) is 18.2. The van der Waals surface area contributed by atoms with Gasteiger partial charge in [0.05, 0.1) is 19.5 Å². The first-order chi connectivity index (χ1) is 15.7. The van der Waals surface area contributed by atoms with Gasteiger partial charge in [0.2, 0.25) is 5.95 Å². The number of hydrogen-bond donors (Lipinski definition) is 1. The van der Waals surface area contributed by atoms with Crippen LogP contribution < -0.4 is 15.0 Å². The Labute approximate surface area is 186 Å². The first-order valence-corrected chi connectivity index (χ1v) is 10.8. The van der Waals surface area contributed by atoms with Crippen LogP contribution in [-0.2, 0) is 4.74 Å². The Kier molecular flexibility index (Phi) is 5.60. The van der Waals surface area contributed by atoms with Crippen LogP contribution in [0.5, 0.6) is 11.5 Å². The molecule has 0 bridgehead atoms. The van der Waals surface area contributed by atoms with E-state index in [0.29, 0.717) is 25.0 Å². The van der Waals surface area contributed by atoms with Gasteiger partial charge in [-0.05, 0) is 50.2 Å². The molecule has 1 aliphatic heterocycles. The van der Waals surface area contributed by atoms with Crippen molar-refractivity contribution in [1.29, 1.82) is 0 Å². The summed E-state index contributed by atoms with van der Waals surface area (Å²) in [4.78, 5) is 16.4. The van der Waals surface area contributed by atoms with Gasteiger partial charge < -0.3 is 24.3 Å². The van der Waals surface area contributed by atoms with Crippen LogP contribution in [0.3, 0.4) is 0 Å². The summed E-state index contributed by atoms with van der Waals surface area (Å²) >= 11 is 0. The summed E-state index contributed by atoms with van der Waals surface area (Å²) < 4.78 is 13.5. The fraction of sp³-hybridized carbons (Fsp3) is 0.292. The Morgan fingerprint density at radius 3 is 2.38 bits per heavy atom. The highest BCUT2D eigenvalue weighted by molar-refractivity contribution is 5.86. The molecule has 5 rings (SSSR count). The van der Waals surface area contributed by atoms with E-state index in [0.717, 1.165) is 41.4 Å². The fourth-order valence-corrected chi connectivity index (χ4v) is 3.64. The first-order valence-electron chi connectivity index (χ1n) is 10.8. The summed E-state index contributed by atoms with van der Waals surface area (Å²) in [5, 5.41) is 3.43. The van der Waals surface area contributed by atoms with Crippen molar-refractivity contribution in [3.05, 3.63) is 60.9 Å². The highest BCUT2D eigenvalue weighted by atomic mass is 16.5. The minimum Gasteiger partial charge on any atom is -0.457 e. The molecule has 0 amide bonds. The molecule has 164 valence electrons. The largest absolute Gasteiger partial charge is 0.457 e. The van der Waals surface area contributed by atoms with E-state index in [-0.39, 0.29) is 6.04 Å². The Bertz CT molecular complexity index is 1180. The normalized spacial score (nSPS) is 14.2. The average molecular weight is 431 g/mol. The molecular weight excluding hydrogens is 404 g/mol. The molecule has 0 unspecified atom stereocenters. The van der Waals surface area contributed by atoms with E-state index in [4.69, 9.17) is 19.4 Å². The number of rotatable bonds is 6. The van der Waals surface area contributed by atoms with Crippen molar-refractivity contribution >= 4 is 28.6 Å². The lowest BCUT2D eigenvalue weighted by Crippen LogP contribution is -2.37. The summed E-state index contributed by atoms with van der Waals surface area (Å²) in [6, 6.07) is 17.8. The van der Waals surface area contributed by atoms with E-state index in [1.807, 2.05) is 60.9 Å². The van der Waals surface area contributed by atoms with Crippen molar-refractivity contribution in [2.45, 2.75) is 19.9 Å². The zero-order valence-corrected chi connectivity index (χ0v) is 18.2. The molecule has 1 aliphatic rings. The Balaban J connectivity index is 1.45. The number of ether oxygens (including phenoxy) is 2. The van der Waals surface area contributed by atoms with Crippen LogP contribution in [-0.4, -0.2) is 45.8 Å². The topological polar surface area (TPSA) is 77.3 Å². The van der Waals surface area contributed by atoms with E-state index in [9.17, 15) is 0 Å². The van der Waals surface area contributed by atoms with Gasteiger partial charge in [-0.25, -0.2) is 4.98 Å². The molecule has 0 atom stereocenters. The van der Waals surface area contributed by atoms with Crippen LogP contribution in [0.4, 0.5) is 17.5 Å². The molecular formula is C24H26N6O2. The van der Waals surface area contributed by atoms with Gasteiger partial charge in [0.25, 0.3) is 0 Å². The Morgan fingerprint density at radius 2 is 1.66 bits per heavy atom. The third-order valence-electron chi connectivity index (χ3n) is 5.36. The number of fused-ring (bicyclic) bond motifs is 1. The number of imidazole rings is 1. The SMILES string of the molecule is CC(C)n1cnc2c(Nc3ccc(Oc4ccccc4)cc3)nc(N3CCOCC3)nc21. The van der Waals surface area contributed by atoms with Crippen LogP contribution in [0.15, 0.2) is 60.9 Å². The standard InChI is InChI=1S/C24H26N6O2/c1-17(2)30-16-25-21-22(27-24(28-23(21)30)29-12-14-31-15-13-29)26-18-8-10-20(11-9-18)32-19-6-4-3-5-7-19/h3-11,16-17H,12-15H2,1-2H3,(H,26,27,28). The van der Waals surface area contributed by atoms with Gasteiger partial charge in [-0.1, -0.05) is 18.2 Å². The maximum Gasteiger partial charge on any atom is 0.229 e. The maximum absolute atomic E-state index is 5.89. The van der Waals surface area contributed by atoms with E-state index in [1.54, 1.807) is 0 Å². The molecule has 8 nitrogen and oxygen atoms in total. The number of benzene rings is 2. The lowest BCUT2D eigenvalue weighted by atomic mass is 10.3. The number of nitrogens with zero attached hydrogens (tertiary/aromatic N) is 5. The Morgan fingerprint density at radius 1 is 0.938 bits per heavy atom. The van der Waals surface area contributed by atoms with E-state index >= 15 is 0 Å². The zero-order chi connectivity index (χ0) is 21.9. The molecule has 1 N–H and O–H groups in total. The van der Waals surface area contributed by atoms with Crippen LogP contribution in [0.2, 0.25) is 0 Å². The minimum atomic E-state index is 0.245. The second-order valence-electron chi connectivity index (χ2n) is 7.95. The molecule has 0 saturated carbocycles. The van der Waals surface area contributed by atoms with Crippen LogP contribution in [0.1, 0.15) is 19.9 Å². The van der Waals surface area contributed by atoms with Crippen LogP contribution in [0.25, 0.3) is 11.2 Å². The van der Waals surface area contributed by atoms with Gasteiger partial charge in [-0.3, -0.25) is 0 Å². The molecule has 2 aromatic carbocycles. The van der Waals surface area contributed by atoms with Gasteiger partial charge in [-0.2, -0.15) is 9.97 Å². The average Bonchev–Trinajstić information content (AvgIpc) is 3.26. The highest BCUT2D eigenvalue weighted by Crippen LogP contribution is 2.29. The smallest absolute Gasteiger partial charge is 0.229 e. The molecule has 0 spiro atoms. The third kappa shape index (κ3) is 4.22. The van der Waals surface area contributed by atoms with Crippen molar-refractivity contribution in [3.63, 3.8) is 0 Å². The monoisotopic (exact) mass is 430 g/mol. The summed E-state index contributed by atoms with van der Waals surface area (Å²) in [6.45, 7) is 7.14. The molecule has 1 saturated heterocycles. The van der Waals surface area contributed by atoms with Crippen LogP contribution >= 0.6 is 0 Å². The van der Waals surface area contributed by atoms with Crippen molar-refractivity contribution < 1.29 is 9.47 Å². The second kappa shape index (κ2) is 8.84. The number of para-hydroxylation sites is 1. The third-order valence-corrected chi connectivity index (χ3v) is 5.36. The summed E-state index contributed by atoms with van der Waals surface area (Å²) in [5.74, 6) is 2.95. The van der Waals surface area contributed by atoms with Gasteiger partial charge in [0.15, 0.2) is 17.0 Å². The fourth-order valence-electron chi connectivity index (χ4n) is 3.64. The molecule has 1 fully saturated rings. The van der Waals surface area contributed by atoms with Crippen molar-refractivity contribution in [3.8, 4) is 11.5 Å². The number of nitrogens with one attached hydrogen (secondary N) is 1. The van der Waals surface area contributed by atoms with Gasteiger partial charge in [0, 0.05) is 24.8 Å². The highest BCUT2D eigenvalue weighted by Gasteiger charge is 2.20. The van der Waals surface area contributed by atoms with Gasteiger partial charge in [-0.15, -0.1) is 0 Å². The number of anilines is 3. The molecule has 0 radical (unpaired) electrons. The van der Waals surface area contributed by atoms with Crippen molar-refractivity contribution in [2.75, 3.05) is 36.5 Å². The van der Waals surface area contributed by atoms with E-state index in [1.165, 1.54) is 0 Å². The molecule has 0 aliphatic carbocycles. The molecule has 32 heavy (non-hydrogen) atoms. The number of aromatic nitrogens is 4. The lowest BCUT2D eigenvalue weighted by molar-refractivity contribution is 0.122. The second-order valence-corrected chi connectivity index (χ2v) is 7.95. The van der Waals surface area contributed by atoms with Crippen LogP contribution in [0, 0.1) is 0 Å². The summed E-state index contributed by atoms with van der Waals surface area (Å²) in [5.41, 5.74) is 2.47. The molecule has 2 aromatic heterocycles. The van der Waals surface area contributed by atoms with Crippen molar-refractivity contribution in [2.24, 2.45) is 0 Å². The summed E-state index contributed by atoms with van der Waals surface area (Å²) in [6.07, 6.45) is 1.83. The summed E-state index contributed by atoms with van der Waals surface area (Å²) in [7, 11) is 0. The van der Waals surface area contributed by atoms with Gasteiger partial charge >= 0.3 is 0 Å². The number of morpholine rings is 1. The first kappa shape index (κ1) is 20.3. The predicted octanol–water partition coefficient (Wildman–Crippen LogP) is 4.78. The lowest BCUT2D eigenvalue weighted by Gasteiger charge is -2.27. The minimum absolute atomic E-state index is 0.245. The molecule has 3 heterocycles. The predicted molar refractivity (Wildman–Crippen MR) is 125 cm³/mol. The van der Waals surface area contributed by atoms with Gasteiger partial charge in [0.1, 0.15) is 11.5 Å². The molecule has 8 heteroatoms. The van der Waals surface area contributed by atoms with E-state index in [2.05, 4.69) is 33.6 Å². The van der Waals surface area contributed by atoms with E-state index < -0.39 is 0 Å². The van der Waals surface area contributed by atoms with Crippen molar-refractivity contribution in [1.82, 2.24) is 19.5 Å². The quantitative estimate of drug-likeness (QED) is 0.472. The number of hydrogen-bond acceptors (Lipinski definition) is 7. The Hall–Kier alpha value is -3.65. The maximum atomic E-state index is 5.89. The molecule has 4 aromatic rings.